The van der Waals surface area contributed by atoms with Crippen LogP contribution < -0.4 is 5.32 Å². The Morgan fingerprint density at radius 1 is 1.35 bits per heavy atom. The molecular formula is C13H13BrINS. The van der Waals surface area contributed by atoms with Crippen LogP contribution in [-0.2, 0) is 0 Å². The molecule has 1 atom stereocenters. The molecule has 1 nitrogen and oxygen atoms in total. The molecule has 0 amide bonds. The van der Waals surface area contributed by atoms with Gasteiger partial charge >= 0.3 is 0 Å². The van der Waals surface area contributed by atoms with Gasteiger partial charge in [0.05, 0.1) is 6.04 Å². The van der Waals surface area contributed by atoms with Crippen LogP contribution in [0.1, 0.15) is 23.4 Å². The lowest BCUT2D eigenvalue weighted by atomic mass is 10.2. The Balaban J connectivity index is 2.16. The third kappa shape index (κ3) is 3.23. The van der Waals surface area contributed by atoms with E-state index in [-0.39, 0.29) is 0 Å². The van der Waals surface area contributed by atoms with Gasteiger partial charge in [-0.2, -0.15) is 0 Å². The molecule has 0 aliphatic heterocycles. The van der Waals surface area contributed by atoms with Crippen molar-refractivity contribution in [3.63, 3.8) is 0 Å². The average molecular weight is 422 g/mol. The molecule has 0 saturated carbocycles. The van der Waals surface area contributed by atoms with Gasteiger partial charge in [-0.25, -0.2) is 0 Å². The van der Waals surface area contributed by atoms with Crippen LogP contribution in [0.25, 0.3) is 0 Å². The van der Waals surface area contributed by atoms with Crippen LogP contribution in [-0.4, -0.2) is 0 Å². The standard InChI is InChI=1S/C13H13BrINS/c1-8-5-6-17-13(8)9(2)16-10-3-4-12(15)11(14)7-10/h3-7,9,16H,1-2H3. The maximum atomic E-state index is 3.55. The highest BCUT2D eigenvalue weighted by molar-refractivity contribution is 14.1. The monoisotopic (exact) mass is 421 g/mol. The molecule has 0 aliphatic carbocycles. The fraction of sp³-hybridized carbons (Fsp3) is 0.231. The second-order valence-electron chi connectivity index (χ2n) is 3.96. The van der Waals surface area contributed by atoms with Crippen molar-refractivity contribution in [1.29, 1.82) is 0 Å². The molecule has 0 fully saturated rings. The number of nitrogens with one attached hydrogen (secondary N) is 1. The number of halogens is 2. The highest BCUT2D eigenvalue weighted by atomic mass is 127. The van der Waals surface area contributed by atoms with Gasteiger partial charge < -0.3 is 5.32 Å². The Morgan fingerprint density at radius 3 is 2.71 bits per heavy atom. The number of aryl methyl sites for hydroxylation is 1. The Labute approximate surface area is 128 Å². The Kier molecular flexibility index (Phi) is 4.49. The van der Waals surface area contributed by atoms with E-state index >= 15 is 0 Å². The summed E-state index contributed by atoms with van der Waals surface area (Å²) in [6, 6.07) is 8.87. The fourth-order valence-corrected chi connectivity index (χ4v) is 3.38. The smallest absolute Gasteiger partial charge is 0.0581 e. The molecule has 1 aromatic carbocycles. The third-order valence-electron chi connectivity index (χ3n) is 2.60. The van der Waals surface area contributed by atoms with Crippen LogP contribution in [0.2, 0.25) is 0 Å². The minimum Gasteiger partial charge on any atom is -0.378 e. The van der Waals surface area contributed by atoms with Crippen molar-refractivity contribution in [3.05, 3.63) is 48.1 Å². The summed E-state index contributed by atoms with van der Waals surface area (Å²) < 4.78 is 2.37. The highest BCUT2D eigenvalue weighted by Crippen LogP contribution is 2.29. The van der Waals surface area contributed by atoms with E-state index in [1.165, 1.54) is 14.0 Å². The van der Waals surface area contributed by atoms with Crippen molar-refractivity contribution in [2.45, 2.75) is 19.9 Å². The van der Waals surface area contributed by atoms with Gasteiger partial charge in [-0.3, -0.25) is 0 Å². The summed E-state index contributed by atoms with van der Waals surface area (Å²) in [5.74, 6) is 0. The summed E-state index contributed by atoms with van der Waals surface area (Å²) in [4.78, 5) is 1.40. The molecule has 1 N–H and O–H groups in total. The number of thiophene rings is 1. The number of hydrogen-bond donors (Lipinski definition) is 1. The zero-order valence-corrected chi connectivity index (χ0v) is 14.2. The molecule has 1 aromatic heterocycles. The number of benzene rings is 1. The van der Waals surface area contributed by atoms with Gasteiger partial charge in [-0.15, -0.1) is 11.3 Å². The van der Waals surface area contributed by atoms with Crippen LogP contribution in [0.3, 0.4) is 0 Å². The molecule has 2 rings (SSSR count). The topological polar surface area (TPSA) is 12.0 Å². The fourth-order valence-electron chi connectivity index (χ4n) is 1.73. The number of rotatable bonds is 3. The molecule has 90 valence electrons. The summed E-state index contributed by atoms with van der Waals surface area (Å²) in [7, 11) is 0. The average Bonchev–Trinajstić information content (AvgIpc) is 2.70. The molecule has 0 aliphatic rings. The van der Waals surface area contributed by atoms with Gasteiger partial charge in [-0.05, 0) is 87.6 Å². The first-order valence-electron chi connectivity index (χ1n) is 5.33. The van der Waals surface area contributed by atoms with Gasteiger partial charge in [0.15, 0.2) is 0 Å². The lowest BCUT2D eigenvalue weighted by Gasteiger charge is -2.15. The van der Waals surface area contributed by atoms with E-state index in [1.54, 1.807) is 0 Å². The number of hydrogen-bond acceptors (Lipinski definition) is 2. The van der Waals surface area contributed by atoms with E-state index in [1.807, 2.05) is 11.3 Å². The first-order valence-corrected chi connectivity index (χ1v) is 8.08. The normalized spacial score (nSPS) is 12.5. The largest absolute Gasteiger partial charge is 0.378 e. The quantitative estimate of drug-likeness (QED) is 0.636. The van der Waals surface area contributed by atoms with Gasteiger partial charge in [0.2, 0.25) is 0 Å². The zero-order valence-electron chi connectivity index (χ0n) is 9.63. The Morgan fingerprint density at radius 2 is 2.12 bits per heavy atom. The molecule has 1 unspecified atom stereocenters. The van der Waals surface area contributed by atoms with E-state index in [4.69, 9.17) is 0 Å². The Hall–Kier alpha value is -0.0700. The second kappa shape index (κ2) is 5.71. The van der Waals surface area contributed by atoms with Crippen LogP contribution in [0.4, 0.5) is 5.69 Å². The van der Waals surface area contributed by atoms with Gasteiger partial charge in [-0.1, -0.05) is 0 Å². The van der Waals surface area contributed by atoms with Crippen molar-refractivity contribution in [2.24, 2.45) is 0 Å². The third-order valence-corrected chi connectivity index (χ3v) is 6.14. The zero-order chi connectivity index (χ0) is 12.4. The predicted octanol–water partition coefficient (Wildman–Crippen LogP) is 5.60. The lowest BCUT2D eigenvalue weighted by molar-refractivity contribution is 0.899. The maximum absolute atomic E-state index is 3.55. The van der Waals surface area contributed by atoms with Crippen molar-refractivity contribution < 1.29 is 0 Å². The summed E-state index contributed by atoms with van der Waals surface area (Å²) in [5, 5.41) is 5.68. The van der Waals surface area contributed by atoms with Crippen molar-refractivity contribution >= 4 is 55.5 Å². The van der Waals surface area contributed by atoms with Crippen molar-refractivity contribution in [1.82, 2.24) is 0 Å². The molecule has 0 saturated heterocycles. The lowest BCUT2D eigenvalue weighted by Crippen LogP contribution is -2.06. The molecule has 0 bridgehead atoms. The first-order chi connectivity index (χ1) is 8.08. The predicted molar refractivity (Wildman–Crippen MR) is 88.0 cm³/mol. The van der Waals surface area contributed by atoms with Crippen molar-refractivity contribution in [2.75, 3.05) is 5.32 Å². The first kappa shape index (κ1) is 13.4. The number of anilines is 1. The van der Waals surface area contributed by atoms with E-state index in [2.05, 4.69) is 87.3 Å². The van der Waals surface area contributed by atoms with Crippen LogP contribution in [0, 0.1) is 10.5 Å². The van der Waals surface area contributed by atoms with Gasteiger partial charge in [0, 0.05) is 18.6 Å². The SMILES string of the molecule is Cc1ccsc1C(C)Nc1ccc(I)c(Br)c1. The van der Waals surface area contributed by atoms with Crippen LogP contribution in [0.5, 0.6) is 0 Å². The molecule has 17 heavy (non-hydrogen) atoms. The maximum Gasteiger partial charge on any atom is 0.0581 e. The molecule has 1 heterocycles. The van der Waals surface area contributed by atoms with E-state index in [9.17, 15) is 0 Å². The van der Waals surface area contributed by atoms with Crippen LogP contribution in [0.15, 0.2) is 34.1 Å². The van der Waals surface area contributed by atoms with E-state index < -0.39 is 0 Å². The van der Waals surface area contributed by atoms with Gasteiger partial charge in [0.25, 0.3) is 0 Å². The molecule has 4 heteroatoms. The summed E-state index contributed by atoms with van der Waals surface area (Å²) in [5.41, 5.74) is 2.51. The van der Waals surface area contributed by atoms with Crippen LogP contribution >= 0.6 is 49.9 Å². The second-order valence-corrected chi connectivity index (χ2v) is 6.93. The van der Waals surface area contributed by atoms with E-state index in [0.717, 1.165) is 10.2 Å². The van der Waals surface area contributed by atoms with Gasteiger partial charge in [0.1, 0.15) is 0 Å². The minimum atomic E-state index is 0.349. The van der Waals surface area contributed by atoms with Crippen molar-refractivity contribution in [3.8, 4) is 0 Å². The summed E-state index contributed by atoms with van der Waals surface area (Å²) >= 11 is 7.68. The Bertz CT molecular complexity index is 524. The molecule has 2 aromatic rings. The summed E-state index contributed by atoms with van der Waals surface area (Å²) in [6.45, 7) is 4.36. The minimum absolute atomic E-state index is 0.349. The molecule has 0 radical (unpaired) electrons. The highest BCUT2D eigenvalue weighted by Gasteiger charge is 2.10. The van der Waals surface area contributed by atoms with E-state index in [0.29, 0.717) is 6.04 Å². The molecule has 0 spiro atoms. The summed E-state index contributed by atoms with van der Waals surface area (Å²) in [6.07, 6.45) is 0. The molecular weight excluding hydrogens is 409 g/mol.